The fourth-order valence-corrected chi connectivity index (χ4v) is 4.94. The quantitative estimate of drug-likeness (QED) is 0.399. The molecule has 0 bridgehead atoms. The number of carbonyl (C=O) groups excluding carboxylic acids is 2. The Hall–Kier alpha value is -1.56. The van der Waals surface area contributed by atoms with E-state index in [0.717, 1.165) is 14.1 Å². The Morgan fingerprint density at radius 2 is 1.73 bits per heavy atom. The van der Waals surface area contributed by atoms with Crippen LogP contribution in [0.4, 0.5) is 5.69 Å². The van der Waals surface area contributed by atoms with E-state index in [2.05, 4.69) is 27.9 Å². The third kappa shape index (κ3) is 7.73. The number of hydrogen-bond donors (Lipinski definition) is 1. The van der Waals surface area contributed by atoms with E-state index in [1.54, 1.807) is 56.3 Å². The van der Waals surface area contributed by atoms with Gasteiger partial charge in [-0.1, -0.05) is 36.2 Å². The van der Waals surface area contributed by atoms with Crippen LogP contribution in [0, 0.1) is 3.57 Å². The Balaban J connectivity index is 2.45. The van der Waals surface area contributed by atoms with Gasteiger partial charge in [0.25, 0.3) is 0 Å². The van der Waals surface area contributed by atoms with Gasteiger partial charge in [0.2, 0.25) is 21.8 Å². The van der Waals surface area contributed by atoms with Crippen molar-refractivity contribution < 1.29 is 18.0 Å². The van der Waals surface area contributed by atoms with Crippen LogP contribution in [0.2, 0.25) is 10.0 Å². The Morgan fingerprint density at radius 3 is 2.24 bits per heavy atom. The lowest BCUT2D eigenvalue weighted by molar-refractivity contribution is -0.140. The van der Waals surface area contributed by atoms with Gasteiger partial charge in [0.15, 0.2) is 0 Å². The fourth-order valence-electron chi connectivity index (χ4n) is 3.27. The molecule has 0 fully saturated rings. The molecule has 1 N–H and O–H groups in total. The van der Waals surface area contributed by atoms with E-state index in [1.807, 2.05) is 0 Å². The van der Waals surface area contributed by atoms with Crippen LogP contribution in [0.1, 0.15) is 25.8 Å². The monoisotopic (exact) mass is 625 g/mol. The average Bonchev–Trinajstić information content (AvgIpc) is 2.73. The maximum absolute atomic E-state index is 13.5. The van der Waals surface area contributed by atoms with Gasteiger partial charge in [-0.2, -0.15) is 0 Å². The molecule has 180 valence electrons. The number of hydrogen-bond acceptors (Lipinski definition) is 4. The summed E-state index contributed by atoms with van der Waals surface area (Å²) in [6.07, 6.45) is 1.38. The largest absolute Gasteiger partial charge is 0.355 e. The Bertz CT molecular complexity index is 1100. The molecule has 2 aromatic rings. The van der Waals surface area contributed by atoms with Gasteiger partial charge in [-0.3, -0.25) is 13.9 Å². The molecule has 2 aromatic carbocycles. The molecule has 0 aromatic heterocycles. The molecular weight excluding hydrogens is 600 g/mol. The average molecular weight is 626 g/mol. The Morgan fingerprint density at radius 1 is 1.09 bits per heavy atom. The van der Waals surface area contributed by atoms with Crippen molar-refractivity contribution in [2.75, 3.05) is 23.7 Å². The summed E-state index contributed by atoms with van der Waals surface area (Å²) in [5, 5.41) is 3.54. The lowest BCUT2D eigenvalue weighted by atomic mass is 10.1. The minimum absolute atomic E-state index is 0.0226. The molecule has 0 saturated heterocycles. The first-order valence-corrected chi connectivity index (χ1v) is 13.9. The molecule has 0 spiro atoms. The molecule has 0 unspecified atom stereocenters. The van der Waals surface area contributed by atoms with Crippen LogP contribution in [0.3, 0.4) is 0 Å². The van der Waals surface area contributed by atoms with Gasteiger partial charge in [0.1, 0.15) is 12.6 Å². The van der Waals surface area contributed by atoms with E-state index in [0.29, 0.717) is 34.3 Å². The number of likely N-dealkylation sites (N-methyl/N-ethyl adjacent to an activating group) is 1. The van der Waals surface area contributed by atoms with Crippen molar-refractivity contribution in [2.24, 2.45) is 0 Å². The summed E-state index contributed by atoms with van der Waals surface area (Å²) < 4.78 is 27.0. The summed E-state index contributed by atoms with van der Waals surface area (Å²) in [6.45, 7) is 3.54. The smallest absolute Gasteiger partial charge is 0.244 e. The second-order valence-electron chi connectivity index (χ2n) is 7.32. The van der Waals surface area contributed by atoms with Gasteiger partial charge in [-0.25, -0.2) is 8.42 Å². The van der Waals surface area contributed by atoms with Crippen LogP contribution < -0.4 is 9.62 Å². The summed E-state index contributed by atoms with van der Waals surface area (Å²) in [7, 11) is -3.77. The van der Waals surface area contributed by atoms with Crippen LogP contribution in [0.15, 0.2) is 42.5 Å². The fraction of sp³-hybridized carbons (Fsp3) is 0.364. The van der Waals surface area contributed by atoms with E-state index in [1.165, 1.54) is 4.90 Å². The van der Waals surface area contributed by atoms with E-state index < -0.39 is 28.5 Å². The van der Waals surface area contributed by atoms with Crippen molar-refractivity contribution in [2.45, 2.75) is 32.9 Å². The molecule has 0 saturated carbocycles. The third-order valence-corrected chi connectivity index (χ3v) is 7.33. The first-order valence-electron chi connectivity index (χ1n) is 10.2. The Labute approximate surface area is 218 Å². The molecule has 2 amide bonds. The molecule has 0 aliphatic heterocycles. The summed E-state index contributed by atoms with van der Waals surface area (Å²) >= 11 is 14.4. The lowest BCUT2D eigenvalue weighted by Crippen LogP contribution is -2.52. The standard InChI is InChI=1S/C22H26Cl2IN3O4S/c1-4-20(22(30)26-5-2)27(13-15-6-7-16(23)12-19(15)24)21(29)14-28(33(3,31)32)18-10-8-17(25)9-11-18/h6-12,20H,4-5,13-14H2,1-3H3,(H,26,30)/t20-/m0/s1. The summed E-state index contributed by atoms with van der Waals surface area (Å²) in [5.41, 5.74) is 0.958. The molecule has 0 heterocycles. The molecule has 1 atom stereocenters. The number of anilines is 1. The highest BCUT2D eigenvalue weighted by molar-refractivity contribution is 14.1. The van der Waals surface area contributed by atoms with E-state index in [4.69, 9.17) is 23.2 Å². The zero-order chi connectivity index (χ0) is 24.8. The van der Waals surface area contributed by atoms with Crippen LogP contribution >= 0.6 is 45.8 Å². The zero-order valence-electron chi connectivity index (χ0n) is 18.5. The maximum atomic E-state index is 13.5. The number of nitrogens with one attached hydrogen (secondary N) is 1. The molecular formula is C22H26Cl2IN3O4S. The van der Waals surface area contributed by atoms with Crippen LogP contribution in [-0.4, -0.2) is 50.5 Å². The van der Waals surface area contributed by atoms with Gasteiger partial charge in [0, 0.05) is 26.7 Å². The first kappa shape index (κ1) is 27.7. The minimum Gasteiger partial charge on any atom is -0.355 e. The summed E-state index contributed by atoms with van der Waals surface area (Å²) in [5.74, 6) is -0.846. The van der Waals surface area contributed by atoms with Crippen molar-refractivity contribution >= 4 is 73.3 Å². The van der Waals surface area contributed by atoms with Crippen molar-refractivity contribution in [1.29, 1.82) is 0 Å². The normalized spacial score (nSPS) is 12.2. The highest BCUT2D eigenvalue weighted by Gasteiger charge is 2.31. The molecule has 11 heteroatoms. The van der Waals surface area contributed by atoms with Gasteiger partial charge < -0.3 is 10.2 Å². The molecule has 2 rings (SSSR count). The number of benzene rings is 2. The van der Waals surface area contributed by atoms with E-state index in [9.17, 15) is 18.0 Å². The van der Waals surface area contributed by atoms with Crippen molar-refractivity contribution in [3.05, 3.63) is 61.6 Å². The SMILES string of the molecule is CCNC(=O)[C@H](CC)N(Cc1ccc(Cl)cc1Cl)C(=O)CN(c1ccc(I)cc1)S(C)(=O)=O. The molecule has 0 aliphatic rings. The third-order valence-electron chi connectivity index (χ3n) is 4.89. The number of halogens is 3. The van der Waals surface area contributed by atoms with Crippen molar-refractivity contribution in [3.8, 4) is 0 Å². The van der Waals surface area contributed by atoms with Gasteiger partial charge >= 0.3 is 0 Å². The topological polar surface area (TPSA) is 86.8 Å². The van der Waals surface area contributed by atoms with E-state index in [-0.39, 0.29) is 12.5 Å². The Kier molecular flexibility index (Phi) is 10.3. The minimum atomic E-state index is -3.77. The highest BCUT2D eigenvalue weighted by Crippen LogP contribution is 2.25. The molecule has 7 nitrogen and oxygen atoms in total. The second-order valence-corrected chi connectivity index (χ2v) is 11.3. The van der Waals surface area contributed by atoms with Crippen LogP contribution in [0.5, 0.6) is 0 Å². The molecule has 0 aliphatic carbocycles. The number of rotatable bonds is 10. The molecule has 0 radical (unpaired) electrons. The van der Waals surface area contributed by atoms with Gasteiger partial charge in [0.05, 0.1) is 11.9 Å². The lowest BCUT2D eigenvalue weighted by Gasteiger charge is -2.33. The highest BCUT2D eigenvalue weighted by atomic mass is 127. The number of carbonyl (C=O) groups is 2. The maximum Gasteiger partial charge on any atom is 0.244 e. The number of amides is 2. The van der Waals surface area contributed by atoms with Gasteiger partial charge in [-0.05, 0) is 77.9 Å². The zero-order valence-corrected chi connectivity index (χ0v) is 23.0. The van der Waals surface area contributed by atoms with Gasteiger partial charge in [-0.15, -0.1) is 0 Å². The van der Waals surface area contributed by atoms with Crippen LogP contribution in [-0.2, 0) is 26.2 Å². The number of nitrogens with zero attached hydrogens (tertiary/aromatic N) is 2. The second kappa shape index (κ2) is 12.2. The van der Waals surface area contributed by atoms with E-state index >= 15 is 0 Å². The summed E-state index contributed by atoms with van der Waals surface area (Å²) in [4.78, 5) is 27.6. The van der Waals surface area contributed by atoms with Crippen molar-refractivity contribution in [1.82, 2.24) is 10.2 Å². The first-order chi connectivity index (χ1) is 15.5. The predicted molar refractivity (Wildman–Crippen MR) is 141 cm³/mol. The molecule has 33 heavy (non-hydrogen) atoms. The summed E-state index contributed by atoms with van der Waals surface area (Å²) in [6, 6.07) is 10.9. The predicted octanol–water partition coefficient (Wildman–Crippen LogP) is 4.31. The number of sulfonamides is 1. The van der Waals surface area contributed by atoms with Crippen LogP contribution in [0.25, 0.3) is 0 Å². The van der Waals surface area contributed by atoms with Crippen molar-refractivity contribution in [3.63, 3.8) is 0 Å².